The molecule has 0 bridgehead atoms. The molecule has 2 heterocycles. The molecule has 0 amide bonds. The molecule has 2 rings (SSSR count). The molecule has 1 N–H and O–H groups in total. The first-order chi connectivity index (χ1) is 10.3. The quantitative estimate of drug-likeness (QED) is 0.907. The topological polar surface area (TPSA) is 80.1 Å². The summed E-state index contributed by atoms with van der Waals surface area (Å²) in [5.74, 6) is 0.560. The van der Waals surface area contributed by atoms with Gasteiger partial charge in [-0.25, -0.2) is 13.4 Å². The highest BCUT2D eigenvalue weighted by atomic mass is 32.2. The fourth-order valence-corrected chi connectivity index (χ4v) is 3.88. The number of aryl methyl sites for hydroxylation is 2. The number of rotatable bonds is 5. The average Bonchev–Trinajstić information content (AvgIpc) is 2.73. The van der Waals surface area contributed by atoms with E-state index in [-0.39, 0.29) is 4.90 Å². The van der Waals surface area contributed by atoms with E-state index in [1.54, 1.807) is 41.8 Å². The van der Waals surface area contributed by atoms with E-state index in [4.69, 9.17) is 0 Å². The second kappa shape index (κ2) is 5.96. The van der Waals surface area contributed by atoms with Crippen LogP contribution in [0.1, 0.15) is 18.3 Å². The Hall–Kier alpha value is -2.09. The summed E-state index contributed by atoms with van der Waals surface area (Å²) in [5.41, 5.74) is 1.56. The van der Waals surface area contributed by atoms with Gasteiger partial charge in [0.2, 0.25) is 0 Å². The van der Waals surface area contributed by atoms with Gasteiger partial charge in [0.25, 0.3) is 10.0 Å². The highest BCUT2D eigenvalue weighted by Crippen LogP contribution is 2.26. The number of pyridine rings is 1. The summed E-state index contributed by atoms with van der Waals surface area (Å²) in [6, 6.07) is 3.38. The summed E-state index contributed by atoms with van der Waals surface area (Å²) in [6.07, 6.45) is 1.62. The highest BCUT2D eigenvalue weighted by Gasteiger charge is 2.25. The van der Waals surface area contributed by atoms with Crippen LogP contribution in [0.5, 0.6) is 0 Å². The molecule has 0 aliphatic carbocycles. The average molecular weight is 323 g/mol. The molecule has 0 aromatic carbocycles. The van der Waals surface area contributed by atoms with Crippen LogP contribution >= 0.6 is 0 Å². The molecule has 7 nitrogen and oxygen atoms in total. The van der Waals surface area contributed by atoms with E-state index in [1.807, 2.05) is 21.0 Å². The van der Waals surface area contributed by atoms with Crippen molar-refractivity contribution in [1.82, 2.24) is 14.8 Å². The van der Waals surface area contributed by atoms with Crippen molar-refractivity contribution in [2.24, 2.45) is 0 Å². The van der Waals surface area contributed by atoms with Gasteiger partial charge in [-0.3, -0.25) is 9.40 Å². The maximum absolute atomic E-state index is 12.7. The number of hydrogen-bond acceptors (Lipinski definition) is 5. The molecule has 0 aliphatic heterocycles. The molecule has 0 saturated heterocycles. The molecule has 8 heteroatoms. The van der Waals surface area contributed by atoms with Gasteiger partial charge in [0.05, 0.1) is 17.1 Å². The second-order valence-electron chi connectivity index (χ2n) is 5.19. The summed E-state index contributed by atoms with van der Waals surface area (Å²) < 4.78 is 29.8. The monoisotopic (exact) mass is 323 g/mol. The van der Waals surface area contributed by atoms with Gasteiger partial charge in [0, 0.05) is 26.8 Å². The smallest absolute Gasteiger partial charge is 0.265 e. The zero-order valence-corrected chi connectivity index (χ0v) is 14.3. The predicted octanol–water partition coefficient (Wildman–Crippen LogP) is 1.78. The van der Waals surface area contributed by atoms with Crippen molar-refractivity contribution in [1.29, 1.82) is 0 Å². The van der Waals surface area contributed by atoms with E-state index in [2.05, 4.69) is 14.8 Å². The number of anilines is 2. The van der Waals surface area contributed by atoms with E-state index in [0.29, 0.717) is 29.4 Å². The van der Waals surface area contributed by atoms with Crippen LogP contribution in [0.15, 0.2) is 23.2 Å². The Labute approximate surface area is 131 Å². The fourth-order valence-electron chi connectivity index (χ4n) is 2.41. The Morgan fingerprint density at radius 1 is 1.32 bits per heavy atom. The third-order valence-electron chi connectivity index (χ3n) is 3.34. The molecule has 120 valence electrons. The maximum atomic E-state index is 12.7. The zero-order valence-electron chi connectivity index (χ0n) is 13.5. The largest absolute Gasteiger partial charge is 0.361 e. The van der Waals surface area contributed by atoms with Gasteiger partial charge in [0.1, 0.15) is 4.90 Å². The Kier molecular flexibility index (Phi) is 4.41. The van der Waals surface area contributed by atoms with Crippen LogP contribution in [0.4, 0.5) is 11.5 Å². The Morgan fingerprint density at radius 2 is 2.00 bits per heavy atom. The standard InChI is InChI=1S/C14H21N5O2S/c1-6-19-11(3)13(10(2)16-19)22(20,21)17-12-8-7-9-15-14(12)18(4)5/h7-9,17H,6H2,1-5H3. The van der Waals surface area contributed by atoms with E-state index in [9.17, 15) is 8.42 Å². The minimum absolute atomic E-state index is 0.225. The first-order valence-electron chi connectivity index (χ1n) is 6.97. The molecule has 0 spiro atoms. The van der Waals surface area contributed by atoms with Crippen LogP contribution in [0.2, 0.25) is 0 Å². The van der Waals surface area contributed by atoms with E-state index >= 15 is 0 Å². The van der Waals surface area contributed by atoms with Crippen molar-refractivity contribution in [3.63, 3.8) is 0 Å². The lowest BCUT2D eigenvalue weighted by atomic mass is 10.4. The molecular weight excluding hydrogens is 302 g/mol. The second-order valence-corrected chi connectivity index (χ2v) is 6.81. The van der Waals surface area contributed by atoms with Gasteiger partial charge < -0.3 is 4.90 Å². The van der Waals surface area contributed by atoms with E-state index in [0.717, 1.165) is 0 Å². The van der Waals surface area contributed by atoms with Crippen molar-refractivity contribution in [2.45, 2.75) is 32.2 Å². The number of hydrogen-bond donors (Lipinski definition) is 1. The summed E-state index contributed by atoms with van der Waals surface area (Å²) >= 11 is 0. The van der Waals surface area contributed by atoms with Crippen LogP contribution in [0.25, 0.3) is 0 Å². The Bertz CT molecular complexity index is 781. The van der Waals surface area contributed by atoms with Crippen LogP contribution in [-0.2, 0) is 16.6 Å². The molecule has 0 fully saturated rings. The maximum Gasteiger partial charge on any atom is 0.265 e. The van der Waals surface area contributed by atoms with Gasteiger partial charge in [-0.1, -0.05) is 0 Å². The minimum atomic E-state index is -3.72. The van der Waals surface area contributed by atoms with Crippen molar-refractivity contribution in [3.8, 4) is 0 Å². The zero-order chi connectivity index (χ0) is 16.5. The normalized spacial score (nSPS) is 11.5. The number of aromatic nitrogens is 3. The number of nitrogens with one attached hydrogen (secondary N) is 1. The molecular formula is C14H21N5O2S. The van der Waals surface area contributed by atoms with E-state index < -0.39 is 10.0 Å². The van der Waals surface area contributed by atoms with Gasteiger partial charge in [-0.05, 0) is 32.9 Å². The lowest BCUT2D eigenvalue weighted by molar-refractivity contribution is 0.598. The SMILES string of the molecule is CCn1nc(C)c(S(=O)(=O)Nc2cccnc2N(C)C)c1C. The lowest BCUT2D eigenvalue weighted by Gasteiger charge is -2.17. The Balaban J connectivity index is 2.48. The predicted molar refractivity (Wildman–Crippen MR) is 86.7 cm³/mol. The third kappa shape index (κ3) is 2.92. The summed E-state index contributed by atoms with van der Waals surface area (Å²) in [5, 5.41) is 4.27. The van der Waals surface area contributed by atoms with Crippen LogP contribution in [-0.4, -0.2) is 37.3 Å². The number of sulfonamides is 1. The van der Waals surface area contributed by atoms with Crippen molar-refractivity contribution >= 4 is 21.5 Å². The van der Waals surface area contributed by atoms with Gasteiger partial charge >= 0.3 is 0 Å². The van der Waals surface area contributed by atoms with E-state index in [1.165, 1.54) is 0 Å². The summed E-state index contributed by atoms with van der Waals surface area (Å²) in [4.78, 5) is 6.18. The third-order valence-corrected chi connectivity index (χ3v) is 4.95. The molecule has 0 aliphatic rings. The van der Waals surface area contributed by atoms with Gasteiger partial charge in [-0.2, -0.15) is 5.10 Å². The van der Waals surface area contributed by atoms with Crippen LogP contribution in [0.3, 0.4) is 0 Å². The van der Waals surface area contributed by atoms with Crippen LogP contribution in [0, 0.1) is 13.8 Å². The summed E-state index contributed by atoms with van der Waals surface area (Å²) in [7, 11) is -0.0974. The van der Waals surface area contributed by atoms with Gasteiger partial charge in [-0.15, -0.1) is 0 Å². The Morgan fingerprint density at radius 3 is 2.55 bits per heavy atom. The lowest BCUT2D eigenvalue weighted by Crippen LogP contribution is -2.19. The van der Waals surface area contributed by atoms with Crippen LogP contribution < -0.4 is 9.62 Å². The molecule has 0 saturated carbocycles. The molecule has 0 radical (unpaired) electrons. The molecule has 22 heavy (non-hydrogen) atoms. The fraction of sp³-hybridized carbons (Fsp3) is 0.429. The van der Waals surface area contributed by atoms with Crippen molar-refractivity contribution in [3.05, 3.63) is 29.7 Å². The van der Waals surface area contributed by atoms with Crippen molar-refractivity contribution < 1.29 is 8.42 Å². The summed E-state index contributed by atoms with van der Waals surface area (Å²) in [6.45, 7) is 6.00. The number of nitrogens with zero attached hydrogens (tertiary/aromatic N) is 4. The molecule has 0 atom stereocenters. The molecule has 2 aromatic heterocycles. The molecule has 2 aromatic rings. The van der Waals surface area contributed by atoms with Crippen molar-refractivity contribution in [2.75, 3.05) is 23.7 Å². The van der Waals surface area contributed by atoms with Gasteiger partial charge in [0.15, 0.2) is 5.82 Å². The highest BCUT2D eigenvalue weighted by molar-refractivity contribution is 7.92. The first kappa shape index (κ1) is 16.3. The first-order valence-corrected chi connectivity index (χ1v) is 8.45. The minimum Gasteiger partial charge on any atom is -0.361 e. The molecule has 0 unspecified atom stereocenters.